The topological polar surface area (TPSA) is 85.4 Å². The van der Waals surface area contributed by atoms with Gasteiger partial charge in [-0.1, -0.05) is 12.1 Å². The first-order chi connectivity index (χ1) is 10.4. The SMILES string of the molecule is COc1ccc(CNC(=O)c2cccc(S(C)(=O)=O)c2)cn1. The van der Waals surface area contributed by atoms with E-state index in [9.17, 15) is 13.2 Å². The van der Waals surface area contributed by atoms with E-state index in [1.807, 2.05) is 0 Å². The van der Waals surface area contributed by atoms with Crippen molar-refractivity contribution in [2.45, 2.75) is 11.4 Å². The van der Waals surface area contributed by atoms with Gasteiger partial charge in [-0.2, -0.15) is 0 Å². The standard InChI is InChI=1S/C15H16N2O4S/c1-21-14-7-6-11(9-16-14)10-17-15(18)12-4-3-5-13(8-12)22(2,19)20/h3-9H,10H2,1-2H3,(H,17,18). The second-order valence-electron chi connectivity index (χ2n) is 4.69. The predicted molar refractivity (Wildman–Crippen MR) is 81.5 cm³/mol. The van der Waals surface area contributed by atoms with Gasteiger partial charge in [0.2, 0.25) is 5.88 Å². The summed E-state index contributed by atoms with van der Waals surface area (Å²) in [7, 11) is -1.81. The minimum Gasteiger partial charge on any atom is -0.481 e. The van der Waals surface area contributed by atoms with Crippen LogP contribution in [0.25, 0.3) is 0 Å². The number of sulfone groups is 1. The number of nitrogens with one attached hydrogen (secondary N) is 1. The number of methoxy groups -OCH3 is 1. The Bertz CT molecular complexity index is 770. The molecular formula is C15H16N2O4S. The van der Waals surface area contributed by atoms with Gasteiger partial charge >= 0.3 is 0 Å². The number of carbonyl (C=O) groups excluding carboxylic acids is 1. The van der Waals surface area contributed by atoms with Crippen molar-refractivity contribution in [1.82, 2.24) is 10.3 Å². The summed E-state index contributed by atoms with van der Waals surface area (Å²) >= 11 is 0. The van der Waals surface area contributed by atoms with E-state index >= 15 is 0 Å². The van der Waals surface area contributed by atoms with Gasteiger partial charge in [0.05, 0.1) is 12.0 Å². The summed E-state index contributed by atoms with van der Waals surface area (Å²) in [4.78, 5) is 16.2. The van der Waals surface area contributed by atoms with E-state index in [0.717, 1.165) is 11.8 Å². The van der Waals surface area contributed by atoms with Gasteiger partial charge in [0.15, 0.2) is 9.84 Å². The highest BCUT2D eigenvalue weighted by atomic mass is 32.2. The summed E-state index contributed by atoms with van der Waals surface area (Å²) in [5.74, 6) is 0.150. The number of aromatic nitrogens is 1. The van der Waals surface area contributed by atoms with Crippen LogP contribution in [-0.2, 0) is 16.4 Å². The van der Waals surface area contributed by atoms with Crippen molar-refractivity contribution in [3.63, 3.8) is 0 Å². The normalized spacial score (nSPS) is 11.0. The highest BCUT2D eigenvalue weighted by molar-refractivity contribution is 7.90. The number of amides is 1. The van der Waals surface area contributed by atoms with Crippen LogP contribution in [0.4, 0.5) is 0 Å². The molecule has 7 heteroatoms. The molecule has 1 aromatic carbocycles. The van der Waals surface area contributed by atoms with E-state index in [4.69, 9.17) is 4.74 Å². The third-order valence-electron chi connectivity index (χ3n) is 2.98. The third kappa shape index (κ3) is 4.05. The van der Waals surface area contributed by atoms with Gasteiger partial charge in [-0.05, 0) is 23.8 Å². The number of ether oxygens (including phenoxy) is 1. The fourth-order valence-corrected chi connectivity index (χ4v) is 2.46. The molecule has 0 atom stereocenters. The number of hydrogen-bond donors (Lipinski definition) is 1. The second-order valence-corrected chi connectivity index (χ2v) is 6.71. The Morgan fingerprint density at radius 1 is 1.27 bits per heavy atom. The van der Waals surface area contributed by atoms with Crippen molar-refractivity contribution in [3.8, 4) is 5.88 Å². The number of nitrogens with zero attached hydrogens (tertiary/aromatic N) is 1. The van der Waals surface area contributed by atoms with Crippen LogP contribution in [0.3, 0.4) is 0 Å². The van der Waals surface area contributed by atoms with Crippen LogP contribution < -0.4 is 10.1 Å². The van der Waals surface area contributed by atoms with Crippen LogP contribution in [0.15, 0.2) is 47.5 Å². The van der Waals surface area contributed by atoms with E-state index in [1.54, 1.807) is 30.5 Å². The van der Waals surface area contributed by atoms with Crippen LogP contribution in [0.5, 0.6) is 5.88 Å². The molecule has 0 spiro atoms. The zero-order valence-corrected chi connectivity index (χ0v) is 13.1. The maximum atomic E-state index is 12.1. The lowest BCUT2D eigenvalue weighted by Crippen LogP contribution is -2.23. The Balaban J connectivity index is 2.06. The quantitative estimate of drug-likeness (QED) is 0.900. The molecule has 0 radical (unpaired) electrons. The first-order valence-corrected chi connectivity index (χ1v) is 8.36. The molecule has 116 valence electrons. The molecule has 0 aliphatic rings. The van der Waals surface area contributed by atoms with Gasteiger partial charge in [0.1, 0.15) is 0 Å². The fraction of sp³-hybridized carbons (Fsp3) is 0.200. The first kappa shape index (κ1) is 16.0. The van der Waals surface area contributed by atoms with Crippen molar-refractivity contribution in [1.29, 1.82) is 0 Å². The van der Waals surface area contributed by atoms with Gasteiger partial charge in [0.25, 0.3) is 5.91 Å². The van der Waals surface area contributed by atoms with Crippen molar-refractivity contribution >= 4 is 15.7 Å². The highest BCUT2D eigenvalue weighted by Crippen LogP contribution is 2.12. The van der Waals surface area contributed by atoms with E-state index in [0.29, 0.717) is 18.0 Å². The lowest BCUT2D eigenvalue weighted by Gasteiger charge is -2.07. The zero-order chi connectivity index (χ0) is 16.2. The first-order valence-electron chi connectivity index (χ1n) is 6.47. The summed E-state index contributed by atoms with van der Waals surface area (Å²) in [5.41, 5.74) is 1.11. The van der Waals surface area contributed by atoms with Crippen LogP contribution >= 0.6 is 0 Å². The Morgan fingerprint density at radius 2 is 2.05 bits per heavy atom. The number of carbonyl (C=O) groups is 1. The van der Waals surface area contributed by atoms with Crippen LogP contribution in [0.2, 0.25) is 0 Å². The Kier molecular flexibility index (Phi) is 4.77. The molecule has 1 amide bonds. The molecule has 0 bridgehead atoms. The molecule has 1 aromatic heterocycles. The van der Waals surface area contributed by atoms with Gasteiger partial charge in [-0.15, -0.1) is 0 Å². The maximum Gasteiger partial charge on any atom is 0.251 e. The van der Waals surface area contributed by atoms with Crippen molar-refractivity contribution in [2.75, 3.05) is 13.4 Å². The minimum atomic E-state index is -3.34. The Labute approximate surface area is 129 Å². The van der Waals surface area contributed by atoms with Crippen molar-refractivity contribution < 1.29 is 17.9 Å². The molecule has 0 fully saturated rings. The molecule has 2 rings (SSSR count). The summed E-state index contributed by atoms with van der Waals surface area (Å²) in [6.07, 6.45) is 2.71. The smallest absolute Gasteiger partial charge is 0.251 e. The number of pyridine rings is 1. The monoisotopic (exact) mass is 320 g/mol. The van der Waals surface area contributed by atoms with Crippen molar-refractivity contribution in [3.05, 3.63) is 53.7 Å². The molecule has 6 nitrogen and oxygen atoms in total. The molecule has 0 aliphatic carbocycles. The van der Waals surface area contributed by atoms with Gasteiger partial charge < -0.3 is 10.1 Å². The van der Waals surface area contributed by atoms with Gasteiger partial charge in [0, 0.05) is 30.6 Å². The molecule has 0 aliphatic heterocycles. The molecular weight excluding hydrogens is 304 g/mol. The van der Waals surface area contributed by atoms with Crippen LogP contribution in [-0.4, -0.2) is 32.7 Å². The number of benzene rings is 1. The summed E-state index contributed by atoms with van der Waals surface area (Å²) < 4.78 is 27.9. The van der Waals surface area contributed by atoms with E-state index in [-0.39, 0.29) is 10.8 Å². The molecule has 0 saturated heterocycles. The third-order valence-corrected chi connectivity index (χ3v) is 4.09. The molecule has 1 heterocycles. The van der Waals surface area contributed by atoms with E-state index < -0.39 is 9.84 Å². The molecule has 0 saturated carbocycles. The minimum absolute atomic E-state index is 0.117. The lowest BCUT2D eigenvalue weighted by atomic mass is 10.2. The lowest BCUT2D eigenvalue weighted by molar-refractivity contribution is 0.0950. The van der Waals surface area contributed by atoms with E-state index in [2.05, 4.69) is 10.3 Å². The summed E-state index contributed by atoms with van der Waals surface area (Å²) in [5, 5.41) is 2.72. The largest absolute Gasteiger partial charge is 0.481 e. The average molecular weight is 320 g/mol. The molecule has 2 aromatic rings. The Morgan fingerprint density at radius 3 is 2.64 bits per heavy atom. The van der Waals surface area contributed by atoms with E-state index in [1.165, 1.54) is 19.2 Å². The summed E-state index contributed by atoms with van der Waals surface area (Å²) in [6.45, 7) is 0.291. The predicted octanol–water partition coefficient (Wildman–Crippen LogP) is 1.42. The molecule has 0 unspecified atom stereocenters. The molecule has 22 heavy (non-hydrogen) atoms. The van der Waals surface area contributed by atoms with Gasteiger partial charge in [-0.3, -0.25) is 4.79 Å². The number of hydrogen-bond acceptors (Lipinski definition) is 5. The number of rotatable bonds is 5. The second kappa shape index (κ2) is 6.57. The maximum absolute atomic E-state index is 12.1. The van der Waals surface area contributed by atoms with Gasteiger partial charge in [-0.25, -0.2) is 13.4 Å². The van der Waals surface area contributed by atoms with Crippen molar-refractivity contribution in [2.24, 2.45) is 0 Å². The fourth-order valence-electron chi connectivity index (χ4n) is 1.79. The zero-order valence-electron chi connectivity index (χ0n) is 12.2. The van der Waals surface area contributed by atoms with Crippen LogP contribution in [0, 0.1) is 0 Å². The van der Waals surface area contributed by atoms with Crippen LogP contribution in [0.1, 0.15) is 15.9 Å². The highest BCUT2D eigenvalue weighted by Gasteiger charge is 2.11. The average Bonchev–Trinajstić information content (AvgIpc) is 2.52. The summed E-state index contributed by atoms with van der Waals surface area (Å²) in [6, 6.07) is 9.41. The Hall–Kier alpha value is -2.41. The molecule has 1 N–H and O–H groups in total.